The molecule has 0 saturated heterocycles. The van der Waals surface area contributed by atoms with Crippen LogP contribution in [-0.4, -0.2) is 16.9 Å². The number of nitriles is 1. The minimum atomic E-state index is 0.429. The molecule has 0 bridgehead atoms. The van der Waals surface area contributed by atoms with Gasteiger partial charge in [0.2, 0.25) is 0 Å². The lowest BCUT2D eigenvalue weighted by Crippen LogP contribution is -1.96. The second-order valence-electron chi connectivity index (χ2n) is 4.29. The van der Waals surface area contributed by atoms with Crippen molar-refractivity contribution in [2.45, 2.75) is 13.8 Å². The normalized spacial score (nSPS) is 10.2. The number of aryl methyl sites for hydroxylation is 3. The number of hydrogen-bond donors (Lipinski definition) is 0. The van der Waals surface area contributed by atoms with Gasteiger partial charge < -0.3 is 4.74 Å². The fraction of sp³-hybridized carbons (Fsp3) is 0.286. The summed E-state index contributed by atoms with van der Waals surface area (Å²) in [6, 6.07) is 7.94. The molecule has 4 nitrogen and oxygen atoms in total. The Hall–Kier alpha value is -2.28. The van der Waals surface area contributed by atoms with E-state index in [1.54, 1.807) is 17.9 Å². The van der Waals surface area contributed by atoms with E-state index in [2.05, 4.69) is 11.2 Å². The fourth-order valence-electron chi connectivity index (χ4n) is 2.21. The first kappa shape index (κ1) is 12.2. The number of benzene rings is 1. The maximum absolute atomic E-state index is 8.87. The molecule has 0 aliphatic rings. The van der Waals surface area contributed by atoms with Gasteiger partial charge in [0.25, 0.3) is 0 Å². The van der Waals surface area contributed by atoms with Crippen molar-refractivity contribution in [1.82, 2.24) is 9.78 Å². The molecule has 0 spiro atoms. The zero-order valence-electron chi connectivity index (χ0n) is 11.0. The zero-order chi connectivity index (χ0) is 13.3. The van der Waals surface area contributed by atoms with Crippen molar-refractivity contribution in [3.63, 3.8) is 0 Å². The standard InChI is InChI=1S/C14H15N3O/c1-9-5-11(6-10(2)14(9)18-4)13-7-12(8-15)16-17(13)3/h5-7H,1-4H3. The maximum Gasteiger partial charge on any atom is 0.163 e. The lowest BCUT2D eigenvalue weighted by atomic mass is 10.0. The van der Waals surface area contributed by atoms with Gasteiger partial charge in [-0.25, -0.2) is 0 Å². The van der Waals surface area contributed by atoms with Crippen LogP contribution in [0.3, 0.4) is 0 Å². The van der Waals surface area contributed by atoms with Crippen LogP contribution in [0.15, 0.2) is 18.2 Å². The Morgan fingerprint density at radius 1 is 1.22 bits per heavy atom. The van der Waals surface area contributed by atoms with Gasteiger partial charge in [0, 0.05) is 18.7 Å². The lowest BCUT2D eigenvalue weighted by Gasteiger charge is -2.11. The molecule has 2 rings (SSSR count). The molecule has 0 aliphatic heterocycles. The van der Waals surface area contributed by atoms with E-state index in [1.807, 2.05) is 33.0 Å². The Balaban J connectivity index is 2.58. The minimum Gasteiger partial charge on any atom is -0.496 e. The Morgan fingerprint density at radius 2 is 1.83 bits per heavy atom. The van der Waals surface area contributed by atoms with Crippen molar-refractivity contribution >= 4 is 0 Å². The van der Waals surface area contributed by atoms with E-state index in [4.69, 9.17) is 10.00 Å². The molecule has 0 amide bonds. The Morgan fingerprint density at radius 3 is 2.28 bits per heavy atom. The highest BCUT2D eigenvalue weighted by molar-refractivity contribution is 5.65. The highest BCUT2D eigenvalue weighted by Gasteiger charge is 2.11. The van der Waals surface area contributed by atoms with Gasteiger partial charge in [-0.2, -0.15) is 10.4 Å². The molecule has 2 aromatic rings. The largest absolute Gasteiger partial charge is 0.496 e. The van der Waals surface area contributed by atoms with Crippen LogP contribution in [0.4, 0.5) is 0 Å². The topological polar surface area (TPSA) is 50.8 Å². The van der Waals surface area contributed by atoms with Gasteiger partial charge in [0.05, 0.1) is 12.8 Å². The predicted octanol–water partition coefficient (Wildman–Crippen LogP) is 2.58. The summed E-state index contributed by atoms with van der Waals surface area (Å²) < 4.78 is 7.07. The molecule has 0 fully saturated rings. The van der Waals surface area contributed by atoms with Crippen molar-refractivity contribution in [1.29, 1.82) is 5.26 Å². The maximum atomic E-state index is 8.87. The number of hydrogen-bond acceptors (Lipinski definition) is 3. The van der Waals surface area contributed by atoms with E-state index in [1.165, 1.54) is 0 Å². The highest BCUT2D eigenvalue weighted by atomic mass is 16.5. The van der Waals surface area contributed by atoms with Crippen LogP contribution in [-0.2, 0) is 7.05 Å². The third kappa shape index (κ3) is 1.95. The van der Waals surface area contributed by atoms with Gasteiger partial charge in [0.15, 0.2) is 5.69 Å². The molecular weight excluding hydrogens is 226 g/mol. The summed E-state index contributed by atoms with van der Waals surface area (Å²) in [5.74, 6) is 0.904. The summed E-state index contributed by atoms with van der Waals surface area (Å²) in [4.78, 5) is 0. The first-order valence-corrected chi connectivity index (χ1v) is 5.66. The molecule has 0 atom stereocenters. The van der Waals surface area contributed by atoms with Crippen molar-refractivity contribution in [3.8, 4) is 23.1 Å². The molecule has 0 radical (unpaired) electrons. The summed E-state index contributed by atoms with van der Waals surface area (Å²) in [6.07, 6.45) is 0. The number of aromatic nitrogens is 2. The molecule has 1 heterocycles. The van der Waals surface area contributed by atoms with E-state index >= 15 is 0 Å². The van der Waals surface area contributed by atoms with Crippen molar-refractivity contribution < 1.29 is 4.74 Å². The van der Waals surface area contributed by atoms with Crippen molar-refractivity contribution in [2.75, 3.05) is 7.11 Å². The van der Waals surface area contributed by atoms with Crippen LogP contribution >= 0.6 is 0 Å². The van der Waals surface area contributed by atoms with Gasteiger partial charge >= 0.3 is 0 Å². The zero-order valence-corrected chi connectivity index (χ0v) is 11.0. The second-order valence-corrected chi connectivity index (χ2v) is 4.29. The lowest BCUT2D eigenvalue weighted by molar-refractivity contribution is 0.408. The van der Waals surface area contributed by atoms with Crippen molar-refractivity contribution in [2.24, 2.45) is 7.05 Å². The number of ether oxygens (including phenoxy) is 1. The Labute approximate surface area is 106 Å². The smallest absolute Gasteiger partial charge is 0.163 e. The predicted molar refractivity (Wildman–Crippen MR) is 69.4 cm³/mol. The van der Waals surface area contributed by atoms with Gasteiger partial charge in [-0.1, -0.05) is 0 Å². The van der Waals surface area contributed by atoms with Crippen LogP contribution in [0, 0.1) is 25.2 Å². The molecule has 4 heteroatoms. The third-order valence-corrected chi connectivity index (χ3v) is 2.95. The van der Waals surface area contributed by atoms with Crippen LogP contribution in [0.25, 0.3) is 11.3 Å². The first-order valence-electron chi connectivity index (χ1n) is 5.66. The fourth-order valence-corrected chi connectivity index (χ4v) is 2.21. The first-order chi connectivity index (χ1) is 8.56. The molecule has 92 valence electrons. The van der Waals surface area contributed by atoms with Crippen LogP contribution in [0.2, 0.25) is 0 Å². The summed E-state index contributed by atoms with van der Waals surface area (Å²) >= 11 is 0. The second kappa shape index (κ2) is 4.53. The van der Waals surface area contributed by atoms with E-state index < -0.39 is 0 Å². The van der Waals surface area contributed by atoms with E-state index in [0.29, 0.717) is 5.69 Å². The highest BCUT2D eigenvalue weighted by Crippen LogP contribution is 2.29. The summed E-state index contributed by atoms with van der Waals surface area (Å²) in [5.41, 5.74) is 4.56. The van der Waals surface area contributed by atoms with Crippen molar-refractivity contribution in [3.05, 3.63) is 35.0 Å². The third-order valence-electron chi connectivity index (χ3n) is 2.95. The molecule has 0 saturated carbocycles. The van der Waals surface area contributed by atoms with Crippen LogP contribution < -0.4 is 4.74 Å². The summed E-state index contributed by atoms with van der Waals surface area (Å²) in [6.45, 7) is 4.02. The van der Waals surface area contributed by atoms with Gasteiger partial charge in [-0.05, 0) is 37.1 Å². The van der Waals surface area contributed by atoms with Crippen LogP contribution in [0.5, 0.6) is 5.75 Å². The van der Waals surface area contributed by atoms with E-state index in [9.17, 15) is 0 Å². The van der Waals surface area contributed by atoms with E-state index in [0.717, 1.165) is 28.1 Å². The van der Waals surface area contributed by atoms with Gasteiger partial charge in [-0.15, -0.1) is 0 Å². The quantitative estimate of drug-likeness (QED) is 0.812. The molecule has 1 aromatic heterocycles. The molecule has 0 aliphatic carbocycles. The molecule has 0 N–H and O–H groups in total. The average Bonchev–Trinajstić information content (AvgIpc) is 2.70. The molecule has 1 aromatic carbocycles. The average molecular weight is 241 g/mol. The number of methoxy groups -OCH3 is 1. The van der Waals surface area contributed by atoms with Gasteiger partial charge in [0.1, 0.15) is 11.8 Å². The number of nitrogens with zero attached hydrogens (tertiary/aromatic N) is 3. The number of rotatable bonds is 2. The van der Waals surface area contributed by atoms with E-state index in [-0.39, 0.29) is 0 Å². The molecule has 18 heavy (non-hydrogen) atoms. The van der Waals surface area contributed by atoms with Gasteiger partial charge in [-0.3, -0.25) is 4.68 Å². The van der Waals surface area contributed by atoms with Crippen LogP contribution in [0.1, 0.15) is 16.8 Å². The Kier molecular flexibility index (Phi) is 3.07. The Bertz CT molecular complexity index is 612. The molecule has 0 unspecified atom stereocenters. The monoisotopic (exact) mass is 241 g/mol. The molecular formula is C14H15N3O. The summed E-state index contributed by atoms with van der Waals surface area (Å²) in [7, 11) is 3.51. The summed E-state index contributed by atoms with van der Waals surface area (Å²) in [5, 5.41) is 13.0. The minimum absolute atomic E-state index is 0.429. The SMILES string of the molecule is COc1c(C)cc(-c2cc(C#N)nn2C)cc1C.